The Hall–Kier alpha value is -1.66. The number of nitrogens with zero attached hydrogens (tertiary/aromatic N) is 1. The molecule has 3 aliphatic rings. The summed E-state index contributed by atoms with van der Waals surface area (Å²) in [5, 5.41) is 10.6. The summed E-state index contributed by atoms with van der Waals surface area (Å²) >= 11 is 0. The van der Waals surface area contributed by atoms with Crippen LogP contribution in [0, 0.1) is 5.92 Å². The molecular weight excluding hydrogens is 310 g/mol. The molecule has 3 rings (SSSR count). The van der Waals surface area contributed by atoms with Gasteiger partial charge in [0.25, 0.3) is 0 Å². The number of aliphatic hydroxyl groups is 1. The van der Waals surface area contributed by atoms with Gasteiger partial charge in [0, 0.05) is 31.1 Å². The third-order valence-corrected chi connectivity index (χ3v) is 5.53. The van der Waals surface area contributed by atoms with Gasteiger partial charge in [-0.3, -0.25) is 4.90 Å². The Morgan fingerprint density at radius 1 is 1.42 bits per heavy atom. The lowest BCUT2D eigenvalue weighted by Gasteiger charge is -2.29. The van der Waals surface area contributed by atoms with E-state index in [0.717, 1.165) is 18.5 Å². The van der Waals surface area contributed by atoms with Crippen molar-refractivity contribution in [3.8, 4) is 0 Å². The molecule has 1 N–H and O–H groups in total. The van der Waals surface area contributed by atoms with Crippen LogP contribution in [-0.4, -0.2) is 59.4 Å². The van der Waals surface area contributed by atoms with Crippen LogP contribution in [0.15, 0.2) is 23.3 Å². The van der Waals surface area contributed by atoms with E-state index in [9.17, 15) is 14.7 Å². The predicted octanol–water partition coefficient (Wildman–Crippen LogP) is 1.19. The maximum atomic E-state index is 12.5. The molecule has 0 amide bonds. The lowest BCUT2D eigenvalue weighted by molar-refractivity contribution is -0.168. The fourth-order valence-corrected chi connectivity index (χ4v) is 3.63. The maximum Gasteiger partial charge on any atom is 0.338 e. The second-order valence-corrected chi connectivity index (χ2v) is 7.15. The van der Waals surface area contributed by atoms with Crippen molar-refractivity contribution in [2.45, 2.75) is 51.4 Å². The van der Waals surface area contributed by atoms with Crippen molar-refractivity contribution in [3.05, 3.63) is 23.3 Å². The van der Waals surface area contributed by atoms with Crippen LogP contribution in [0.4, 0.5) is 0 Å². The molecule has 6 heteroatoms. The fraction of sp³-hybridized carbons (Fsp3) is 0.667. The van der Waals surface area contributed by atoms with Crippen LogP contribution in [0.3, 0.4) is 0 Å². The minimum atomic E-state index is -1.65. The zero-order chi connectivity index (χ0) is 17.5. The van der Waals surface area contributed by atoms with Gasteiger partial charge in [-0.1, -0.05) is 19.1 Å². The molecule has 0 aliphatic carbocycles. The number of ether oxygens (including phenoxy) is 2. The first-order valence-electron chi connectivity index (χ1n) is 8.51. The van der Waals surface area contributed by atoms with Gasteiger partial charge in [0.2, 0.25) is 0 Å². The zero-order valence-corrected chi connectivity index (χ0v) is 14.4. The molecule has 4 atom stereocenters. The Kier molecular flexibility index (Phi) is 4.53. The number of hydrogen-bond acceptors (Lipinski definition) is 6. The van der Waals surface area contributed by atoms with Gasteiger partial charge >= 0.3 is 11.9 Å². The second-order valence-electron chi connectivity index (χ2n) is 7.15. The van der Waals surface area contributed by atoms with Crippen molar-refractivity contribution in [2.24, 2.45) is 5.92 Å². The summed E-state index contributed by atoms with van der Waals surface area (Å²) in [6, 6.07) is 0.146. The molecule has 2 fully saturated rings. The van der Waals surface area contributed by atoms with Crippen LogP contribution in [0.1, 0.15) is 33.6 Å². The van der Waals surface area contributed by atoms with E-state index in [2.05, 4.69) is 11.0 Å². The van der Waals surface area contributed by atoms with E-state index in [4.69, 9.17) is 9.47 Å². The molecular formula is C18H25NO5. The summed E-state index contributed by atoms with van der Waals surface area (Å²) in [6.45, 7) is 6.60. The van der Waals surface area contributed by atoms with Gasteiger partial charge in [-0.25, -0.2) is 9.59 Å². The molecule has 2 saturated heterocycles. The molecule has 3 aliphatic heterocycles. The van der Waals surface area contributed by atoms with Crippen LogP contribution in [0.5, 0.6) is 0 Å². The number of carbonyl (C=O) groups is 2. The highest BCUT2D eigenvalue weighted by Gasteiger charge is 2.43. The van der Waals surface area contributed by atoms with Gasteiger partial charge in [0.1, 0.15) is 12.7 Å². The fourth-order valence-electron chi connectivity index (χ4n) is 3.63. The zero-order valence-electron chi connectivity index (χ0n) is 14.4. The summed E-state index contributed by atoms with van der Waals surface area (Å²) in [5.74, 6) is -1.47. The molecule has 6 nitrogen and oxygen atoms in total. The third-order valence-electron chi connectivity index (χ3n) is 5.53. The predicted molar refractivity (Wildman–Crippen MR) is 87.1 cm³/mol. The molecule has 0 radical (unpaired) electrons. The second kappa shape index (κ2) is 6.33. The number of carbonyl (C=O) groups excluding carboxylic acids is 2. The number of fused-ring (bicyclic) bond motifs is 1. The summed E-state index contributed by atoms with van der Waals surface area (Å²) in [7, 11) is 0. The summed E-state index contributed by atoms with van der Waals surface area (Å²) in [6.07, 6.45) is 4.60. The number of allylic oxidation sites excluding steroid dienone is 1. The largest absolute Gasteiger partial charge is 0.459 e. The Balaban J connectivity index is 1.88. The highest BCUT2D eigenvalue weighted by atomic mass is 16.6. The monoisotopic (exact) mass is 335 g/mol. The van der Waals surface area contributed by atoms with Crippen molar-refractivity contribution >= 4 is 11.9 Å². The van der Waals surface area contributed by atoms with Crippen LogP contribution in [0.2, 0.25) is 0 Å². The number of rotatable bonds is 0. The minimum Gasteiger partial charge on any atom is -0.459 e. The number of esters is 2. The Morgan fingerprint density at radius 2 is 2.17 bits per heavy atom. The molecule has 3 heterocycles. The Morgan fingerprint density at radius 3 is 2.88 bits per heavy atom. The van der Waals surface area contributed by atoms with Gasteiger partial charge in [-0.05, 0) is 31.8 Å². The molecule has 3 unspecified atom stereocenters. The van der Waals surface area contributed by atoms with Crippen molar-refractivity contribution in [1.29, 1.82) is 0 Å². The normalized spacial score (nSPS) is 39.6. The molecule has 0 spiro atoms. The van der Waals surface area contributed by atoms with E-state index >= 15 is 0 Å². The highest BCUT2D eigenvalue weighted by Crippen LogP contribution is 2.33. The van der Waals surface area contributed by atoms with Crippen molar-refractivity contribution in [3.63, 3.8) is 0 Å². The van der Waals surface area contributed by atoms with E-state index in [-0.39, 0.29) is 31.1 Å². The summed E-state index contributed by atoms with van der Waals surface area (Å²) in [5.41, 5.74) is -0.144. The average molecular weight is 335 g/mol. The highest BCUT2D eigenvalue weighted by molar-refractivity contribution is 5.89. The van der Waals surface area contributed by atoms with E-state index in [1.54, 1.807) is 19.9 Å². The first kappa shape index (κ1) is 17.2. The standard InChI is InChI=1S/C18H25NO5/c1-4-12-7-11(2)18(3,22)17(21)23-10-13-5-6-19-9-14(8-15(13)19)24-16(12)20/h4-5,11,14-15,22H,6-10H2,1-3H3/b12-4-/t11?,14?,15?,18-/m1/s1. The molecule has 0 aromatic carbocycles. The molecule has 2 bridgehead atoms. The molecule has 0 aromatic rings. The topological polar surface area (TPSA) is 76.1 Å². The van der Waals surface area contributed by atoms with Gasteiger partial charge in [0.15, 0.2) is 5.60 Å². The average Bonchev–Trinajstić information content (AvgIpc) is 3.09. The van der Waals surface area contributed by atoms with Gasteiger partial charge in [-0.15, -0.1) is 0 Å². The SMILES string of the molecule is C/C=C1/CC(C)[C@@](C)(O)C(=O)OCC2=CCN3CC(CC23)OC1=O. The first-order valence-corrected chi connectivity index (χ1v) is 8.51. The quantitative estimate of drug-likeness (QED) is 0.407. The number of hydrogen-bond donors (Lipinski definition) is 1. The molecule has 24 heavy (non-hydrogen) atoms. The number of cyclic esters (lactones) is 1. The summed E-state index contributed by atoms with van der Waals surface area (Å²) in [4.78, 5) is 27.0. The maximum absolute atomic E-state index is 12.5. The summed E-state index contributed by atoms with van der Waals surface area (Å²) < 4.78 is 11.1. The van der Waals surface area contributed by atoms with E-state index in [0.29, 0.717) is 12.1 Å². The van der Waals surface area contributed by atoms with Crippen LogP contribution in [-0.2, 0) is 19.1 Å². The lowest BCUT2D eigenvalue weighted by Crippen LogP contribution is -2.44. The van der Waals surface area contributed by atoms with E-state index in [1.165, 1.54) is 6.92 Å². The van der Waals surface area contributed by atoms with Gasteiger partial charge in [0.05, 0.1) is 0 Å². The van der Waals surface area contributed by atoms with Gasteiger partial charge < -0.3 is 14.6 Å². The molecule has 0 saturated carbocycles. The van der Waals surface area contributed by atoms with Gasteiger partial charge in [-0.2, -0.15) is 0 Å². The van der Waals surface area contributed by atoms with E-state index in [1.807, 2.05) is 0 Å². The van der Waals surface area contributed by atoms with Crippen molar-refractivity contribution in [1.82, 2.24) is 4.90 Å². The van der Waals surface area contributed by atoms with Crippen LogP contribution in [0.25, 0.3) is 0 Å². The molecule has 132 valence electrons. The third kappa shape index (κ3) is 3.00. The van der Waals surface area contributed by atoms with E-state index < -0.39 is 17.5 Å². The van der Waals surface area contributed by atoms with Crippen molar-refractivity contribution < 1.29 is 24.2 Å². The van der Waals surface area contributed by atoms with Crippen LogP contribution >= 0.6 is 0 Å². The van der Waals surface area contributed by atoms with Crippen LogP contribution < -0.4 is 0 Å². The lowest BCUT2D eigenvalue weighted by atomic mass is 9.85. The Labute approximate surface area is 142 Å². The smallest absolute Gasteiger partial charge is 0.338 e. The molecule has 0 aromatic heterocycles. The first-order chi connectivity index (χ1) is 11.3. The minimum absolute atomic E-state index is 0.145. The Bertz CT molecular complexity index is 607. The van der Waals surface area contributed by atoms with Crippen molar-refractivity contribution in [2.75, 3.05) is 19.7 Å².